The molecule has 0 radical (unpaired) electrons. The molecule has 0 unspecified atom stereocenters. The number of ether oxygens (including phenoxy) is 2. The number of aromatic nitrogens is 1. The maximum Gasteiger partial charge on any atom is 0.248 e. The van der Waals surface area contributed by atoms with Crippen molar-refractivity contribution in [3.05, 3.63) is 46.1 Å². The van der Waals surface area contributed by atoms with E-state index in [1.807, 2.05) is 0 Å². The third kappa shape index (κ3) is 3.27. The molecule has 104 valence electrons. The highest BCUT2D eigenvalue weighted by molar-refractivity contribution is 9.10. The van der Waals surface area contributed by atoms with Gasteiger partial charge in [-0.3, -0.25) is 4.79 Å². The van der Waals surface area contributed by atoms with E-state index in [-0.39, 0.29) is 0 Å². The zero-order valence-electron chi connectivity index (χ0n) is 11.0. The second-order valence-electron chi connectivity index (χ2n) is 4.10. The third-order valence-corrected chi connectivity index (χ3v) is 3.19. The summed E-state index contributed by atoms with van der Waals surface area (Å²) in [5, 5.41) is 0. The number of rotatable bonds is 4. The summed E-state index contributed by atoms with van der Waals surface area (Å²) >= 11 is 3.39. The zero-order valence-corrected chi connectivity index (χ0v) is 12.6. The number of primary amides is 1. The molecule has 0 saturated heterocycles. The van der Waals surface area contributed by atoms with Crippen LogP contribution in [0, 0.1) is 6.92 Å². The Morgan fingerprint density at radius 1 is 1.30 bits per heavy atom. The molecule has 0 bridgehead atoms. The van der Waals surface area contributed by atoms with Crippen LogP contribution in [-0.2, 0) is 0 Å². The van der Waals surface area contributed by atoms with Crippen molar-refractivity contribution >= 4 is 21.8 Å². The minimum Gasteiger partial charge on any atom is -0.497 e. The Kier molecular flexibility index (Phi) is 4.24. The Morgan fingerprint density at radius 3 is 2.65 bits per heavy atom. The van der Waals surface area contributed by atoms with Gasteiger partial charge in [-0.05, 0) is 47.1 Å². The van der Waals surface area contributed by atoms with Crippen LogP contribution in [0.2, 0.25) is 0 Å². The molecule has 0 aliphatic rings. The number of nitrogens with two attached hydrogens (primary N) is 1. The Hall–Kier alpha value is -2.08. The highest BCUT2D eigenvalue weighted by atomic mass is 79.9. The Balaban J connectivity index is 2.32. The van der Waals surface area contributed by atoms with Crippen LogP contribution in [0.15, 0.2) is 34.8 Å². The second kappa shape index (κ2) is 5.92. The molecule has 20 heavy (non-hydrogen) atoms. The Labute approximate surface area is 124 Å². The van der Waals surface area contributed by atoms with E-state index in [0.717, 1.165) is 4.47 Å². The van der Waals surface area contributed by atoms with E-state index in [1.54, 1.807) is 38.3 Å². The number of carbonyl (C=O) groups excluding carboxylic acids is 1. The number of methoxy groups -OCH3 is 1. The van der Waals surface area contributed by atoms with Crippen molar-refractivity contribution in [2.45, 2.75) is 6.92 Å². The molecule has 1 aromatic carbocycles. The summed E-state index contributed by atoms with van der Waals surface area (Å²) in [6, 6.07) is 8.41. The van der Waals surface area contributed by atoms with Crippen LogP contribution in [0.25, 0.3) is 0 Å². The third-order valence-electron chi connectivity index (χ3n) is 2.57. The highest BCUT2D eigenvalue weighted by Crippen LogP contribution is 2.32. The van der Waals surface area contributed by atoms with Gasteiger partial charge >= 0.3 is 0 Å². The van der Waals surface area contributed by atoms with E-state index in [4.69, 9.17) is 15.2 Å². The van der Waals surface area contributed by atoms with Crippen LogP contribution in [0.3, 0.4) is 0 Å². The van der Waals surface area contributed by atoms with E-state index in [1.165, 1.54) is 6.07 Å². The SMILES string of the molecule is COc1ccc(Oc2cc(C(N)=O)cc(C)n2)c(Br)c1. The van der Waals surface area contributed by atoms with Crippen LogP contribution < -0.4 is 15.2 Å². The fourth-order valence-corrected chi connectivity index (χ4v) is 2.08. The zero-order chi connectivity index (χ0) is 14.7. The number of benzene rings is 1. The number of carbonyl (C=O) groups is 1. The largest absolute Gasteiger partial charge is 0.497 e. The minimum absolute atomic E-state index is 0.310. The molecule has 5 nitrogen and oxygen atoms in total. The summed E-state index contributed by atoms with van der Waals surface area (Å²) in [4.78, 5) is 15.4. The normalized spacial score (nSPS) is 10.2. The predicted octanol–water partition coefficient (Wildman–Crippen LogP) is 3.05. The first-order valence-electron chi connectivity index (χ1n) is 5.79. The standard InChI is InChI=1S/C14H13BrN2O3/c1-8-5-9(14(16)18)6-13(17-8)20-12-4-3-10(19-2)7-11(12)15/h3-7H,1-2H3,(H2,16,18). The number of hydrogen-bond acceptors (Lipinski definition) is 4. The van der Waals surface area contributed by atoms with Gasteiger partial charge in [0.15, 0.2) is 0 Å². The molecule has 0 spiro atoms. The van der Waals surface area contributed by atoms with E-state index < -0.39 is 5.91 Å². The van der Waals surface area contributed by atoms with E-state index >= 15 is 0 Å². The van der Waals surface area contributed by atoms with Gasteiger partial charge in [-0.1, -0.05) is 0 Å². The van der Waals surface area contributed by atoms with E-state index in [0.29, 0.717) is 28.6 Å². The van der Waals surface area contributed by atoms with Crippen molar-refractivity contribution in [1.82, 2.24) is 4.98 Å². The van der Waals surface area contributed by atoms with Crippen molar-refractivity contribution < 1.29 is 14.3 Å². The molecule has 2 aromatic rings. The number of amides is 1. The van der Waals surface area contributed by atoms with Crippen molar-refractivity contribution in [2.24, 2.45) is 5.73 Å². The van der Waals surface area contributed by atoms with Gasteiger partial charge in [0.1, 0.15) is 11.5 Å². The topological polar surface area (TPSA) is 74.4 Å². The van der Waals surface area contributed by atoms with Gasteiger partial charge in [0.2, 0.25) is 11.8 Å². The monoisotopic (exact) mass is 336 g/mol. The summed E-state index contributed by atoms with van der Waals surface area (Å²) in [6.45, 7) is 1.77. The maximum atomic E-state index is 11.2. The molecule has 0 aliphatic carbocycles. The van der Waals surface area contributed by atoms with Gasteiger partial charge in [-0.2, -0.15) is 0 Å². The average molecular weight is 337 g/mol. The first-order valence-corrected chi connectivity index (χ1v) is 6.59. The summed E-state index contributed by atoms with van der Waals surface area (Å²) in [5.74, 6) is 1.07. The summed E-state index contributed by atoms with van der Waals surface area (Å²) in [5.41, 5.74) is 6.28. The van der Waals surface area contributed by atoms with Gasteiger partial charge in [-0.25, -0.2) is 4.98 Å². The number of aryl methyl sites for hydroxylation is 1. The molecule has 2 rings (SSSR count). The number of halogens is 1. The van der Waals surface area contributed by atoms with Crippen molar-refractivity contribution in [2.75, 3.05) is 7.11 Å². The molecule has 0 fully saturated rings. The fourth-order valence-electron chi connectivity index (χ4n) is 1.64. The maximum absolute atomic E-state index is 11.2. The first kappa shape index (κ1) is 14.3. The van der Waals surface area contributed by atoms with Crippen LogP contribution in [0.5, 0.6) is 17.4 Å². The lowest BCUT2D eigenvalue weighted by Gasteiger charge is -2.09. The predicted molar refractivity (Wildman–Crippen MR) is 78.3 cm³/mol. The minimum atomic E-state index is -0.519. The smallest absolute Gasteiger partial charge is 0.248 e. The summed E-state index contributed by atoms with van der Waals surface area (Å²) in [7, 11) is 1.59. The summed E-state index contributed by atoms with van der Waals surface area (Å²) < 4.78 is 11.5. The van der Waals surface area contributed by atoms with Crippen LogP contribution in [0.1, 0.15) is 16.1 Å². The molecule has 2 N–H and O–H groups in total. The molecule has 1 amide bonds. The molecule has 0 saturated carbocycles. The van der Waals surface area contributed by atoms with E-state index in [9.17, 15) is 4.79 Å². The number of hydrogen-bond donors (Lipinski definition) is 1. The summed E-state index contributed by atoms with van der Waals surface area (Å²) in [6.07, 6.45) is 0. The average Bonchev–Trinajstić information content (AvgIpc) is 2.40. The molecule has 1 aromatic heterocycles. The lowest BCUT2D eigenvalue weighted by Crippen LogP contribution is -2.11. The van der Waals surface area contributed by atoms with Gasteiger partial charge < -0.3 is 15.2 Å². The van der Waals surface area contributed by atoms with Crippen LogP contribution in [-0.4, -0.2) is 18.0 Å². The van der Waals surface area contributed by atoms with Gasteiger partial charge in [-0.15, -0.1) is 0 Å². The lowest BCUT2D eigenvalue weighted by molar-refractivity contribution is 0.0999. The van der Waals surface area contributed by atoms with Crippen LogP contribution >= 0.6 is 15.9 Å². The molecule has 1 heterocycles. The molecule has 6 heteroatoms. The van der Waals surface area contributed by atoms with Crippen molar-refractivity contribution in [3.8, 4) is 17.4 Å². The van der Waals surface area contributed by atoms with Gasteiger partial charge in [0, 0.05) is 17.3 Å². The Morgan fingerprint density at radius 2 is 2.05 bits per heavy atom. The number of pyridine rings is 1. The Bertz CT molecular complexity index is 659. The lowest BCUT2D eigenvalue weighted by atomic mass is 10.2. The fraction of sp³-hybridized carbons (Fsp3) is 0.143. The quantitative estimate of drug-likeness (QED) is 0.930. The molecular formula is C14H13BrN2O3. The van der Waals surface area contributed by atoms with Crippen LogP contribution in [0.4, 0.5) is 0 Å². The first-order chi connectivity index (χ1) is 9.49. The molecule has 0 atom stereocenters. The molecule has 0 aliphatic heterocycles. The highest BCUT2D eigenvalue weighted by Gasteiger charge is 2.09. The molecular weight excluding hydrogens is 324 g/mol. The van der Waals surface area contributed by atoms with Gasteiger partial charge in [0.25, 0.3) is 0 Å². The number of nitrogens with zero attached hydrogens (tertiary/aromatic N) is 1. The van der Waals surface area contributed by atoms with E-state index in [2.05, 4.69) is 20.9 Å². The van der Waals surface area contributed by atoms with Crippen molar-refractivity contribution in [1.29, 1.82) is 0 Å². The van der Waals surface area contributed by atoms with Crippen molar-refractivity contribution in [3.63, 3.8) is 0 Å². The van der Waals surface area contributed by atoms with Gasteiger partial charge in [0.05, 0.1) is 11.6 Å². The second-order valence-corrected chi connectivity index (χ2v) is 4.95.